The number of rotatable bonds is 6. The maximum absolute atomic E-state index is 12.0. The Bertz CT molecular complexity index is 935. The van der Waals surface area contributed by atoms with Crippen LogP contribution in [0.15, 0.2) is 52.7 Å². The molecule has 3 N–H and O–H groups in total. The monoisotopic (exact) mass is 370 g/mol. The van der Waals surface area contributed by atoms with Crippen LogP contribution in [0.2, 0.25) is 0 Å². The van der Waals surface area contributed by atoms with Crippen LogP contribution in [0.3, 0.4) is 0 Å². The van der Waals surface area contributed by atoms with Gasteiger partial charge in [-0.05, 0) is 37.3 Å². The maximum Gasteiger partial charge on any atom is 0.250 e. The average Bonchev–Trinajstić information content (AvgIpc) is 3.07. The van der Waals surface area contributed by atoms with E-state index in [4.69, 9.17) is 4.74 Å². The second-order valence-electron chi connectivity index (χ2n) is 5.47. The van der Waals surface area contributed by atoms with Crippen molar-refractivity contribution in [2.24, 2.45) is 5.10 Å². The number of aromatic amines is 1. The van der Waals surface area contributed by atoms with Crippen molar-refractivity contribution in [2.45, 2.75) is 12.1 Å². The van der Waals surface area contributed by atoms with Gasteiger partial charge in [0.2, 0.25) is 0 Å². The highest BCUT2D eigenvalue weighted by atomic mass is 32.2. The highest BCUT2D eigenvalue weighted by Gasteiger charge is 2.08. The summed E-state index contributed by atoms with van der Waals surface area (Å²) in [6.45, 7) is 1.76. The summed E-state index contributed by atoms with van der Waals surface area (Å²) in [6, 6.07) is 12.6. The molecule has 8 heteroatoms. The zero-order valence-corrected chi connectivity index (χ0v) is 15.1. The third kappa shape index (κ3) is 4.15. The van der Waals surface area contributed by atoms with Crippen molar-refractivity contribution in [1.29, 1.82) is 0 Å². The number of amides is 1. The number of phenols is 1. The number of para-hydroxylation sites is 2. The summed E-state index contributed by atoms with van der Waals surface area (Å²) in [4.78, 5) is 19.6. The second kappa shape index (κ2) is 7.92. The Hall–Kier alpha value is -3.00. The number of aromatic hydroxyl groups is 1. The molecule has 0 aliphatic rings. The van der Waals surface area contributed by atoms with Gasteiger partial charge in [-0.25, -0.2) is 10.4 Å². The number of methoxy groups -OCH3 is 1. The number of nitrogens with zero attached hydrogens (tertiary/aromatic N) is 2. The van der Waals surface area contributed by atoms with Crippen molar-refractivity contribution < 1.29 is 14.6 Å². The lowest BCUT2D eigenvalue weighted by atomic mass is 10.1. The van der Waals surface area contributed by atoms with Crippen LogP contribution in [0.25, 0.3) is 11.0 Å². The lowest BCUT2D eigenvalue weighted by Crippen LogP contribution is -2.21. The van der Waals surface area contributed by atoms with Gasteiger partial charge in [0.05, 0.1) is 29.6 Å². The molecule has 3 rings (SSSR count). The van der Waals surface area contributed by atoms with Gasteiger partial charge in [-0.1, -0.05) is 23.9 Å². The van der Waals surface area contributed by atoms with Crippen molar-refractivity contribution in [3.8, 4) is 11.5 Å². The van der Waals surface area contributed by atoms with E-state index >= 15 is 0 Å². The molecule has 0 atom stereocenters. The van der Waals surface area contributed by atoms with E-state index in [0.717, 1.165) is 16.6 Å². The first kappa shape index (κ1) is 17.8. The minimum Gasteiger partial charge on any atom is -0.504 e. The lowest BCUT2D eigenvalue weighted by Gasteiger charge is -2.06. The summed E-state index contributed by atoms with van der Waals surface area (Å²) < 4.78 is 5.07. The highest BCUT2D eigenvalue weighted by molar-refractivity contribution is 7.99. The third-order valence-corrected chi connectivity index (χ3v) is 4.53. The number of ether oxygens (including phenoxy) is 1. The van der Waals surface area contributed by atoms with Crippen LogP contribution < -0.4 is 10.2 Å². The first-order chi connectivity index (χ1) is 12.6. The molecule has 0 bridgehead atoms. The number of aromatic nitrogens is 2. The molecule has 7 nitrogen and oxygen atoms in total. The Morgan fingerprint density at radius 2 is 2.15 bits per heavy atom. The van der Waals surface area contributed by atoms with E-state index in [1.165, 1.54) is 24.9 Å². The number of fused-ring (bicyclic) bond motifs is 1. The summed E-state index contributed by atoms with van der Waals surface area (Å²) in [5.74, 6) is 0.356. The molecule has 1 aromatic heterocycles. The lowest BCUT2D eigenvalue weighted by molar-refractivity contribution is -0.118. The predicted octanol–water partition coefficient (Wildman–Crippen LogP) is 2.91. The fourth-order valence-corrected chi connectivity index (χ4v) is 2.95. The zero-order chi connectivity index (χ0) is 18.5. The minimum atomic E-state index is -0.236. The molecule has 3 aromatic rings. The Labute approximate surface area is 154 Å². The van der Waals surface area contributed by atoms with Crippen molar-refractivity contribution in [1.82, 2.24) is 15.4 Å². The van der Waals surface area contributed by atoms with Gasteiger partial charge in [-0.15, -0.1) is 0 Å². The predicted molar refractivity (Wildman–Crippen MR) is 102 cm³/mol. The third-order valence-electron chi connectivity index (χ3n) is 3.65. The van der Waals surface area contributed by atoms with E-state index < -0.39 is 0 Å². The first-order valence-electron chi connectivity index (χ1n) is 7.85. The Balaban J connectivity index is 1.58. The van der Waals surface area contributed by atoms with Crippen molar-refractivity contribution >= 4 is 34.4 Å². The molecule has 0 saturated heterocycles. The van der Waals surface area contributed by atoms with E-state index in [2.05, 4.69) is 20.5 Å². The van der Waals surface area contributed by atoms with Gasteiger partial charge in [-0.3, -0.25) is 4.79 Å². The molecular formula is C18H18N4O3S. The van der Waals surface area contributed by atoms with Gasteiger partial charge in [0, 0.05) is 5.56 Å². The van der Waals surface area contributed by atoms with Gasteiger partial charge in [0.1, 0.15) is 0 Å². The van der Waals surface area contributed by atoms with Gasteiger partial charge in [-0.2, -0.15) is 5.10 Å². The molecule has 134 valence electrons. The Kier molecular flexibility index (Phi) is 5.43. The first-order valence-corrected chi connectivity index (χ1v) is 8.83. The van der Waals surface area contributed by atoms with E-state index in [1.54, 1.807) is 19.1 Å². The van der Waals surface area contributed by atoms with Crippen LogP contribution in [-0.4, -0.2) is 39.6 Å². The molecule has 2 aromatic carbocycles. The summed E-state index contributed by atoms with van der Waals surface area (Å²) in [5, 5.41) is 14.4. The zero-order valence-electron chi connectivity index (χ0n) is 14.3. The summed E-state index contributed by atoms with van der Waals surface area (Å²) in [6.07, 6.45) is 0. The average molecular weight is 370 g/mol. The van der Waals surface area contributed by atoms with Crippen LogP contribution >= 0.6 is 11.8 Å². The van der Waals surface area contributed by atoms with Crippen molar-refractivity contribution in [3.63, 3.8) is 0 Å². The quantitative estimate of drug-likeness (QED) is 0.352. The van der Waals surface area contributed by atoms with Crippen LogP contribution in [0.1, 0.15) is 12.5 Å². The maximum atomic E-state index is 12.0. The van der Waals surface area contributed by atoms with Crippen molar-refractivity contribution in [2.75, 3.05) is 12.9 Å². The van der Waals surface area contributed by atoms with Crippen LogP contribution in [0.5, 0.6) is 11.5 Å². The SMILES string of the molecule is COc1cc(/C(C)=N/NC(=O)CSc2nc3ccccc3[nH]2)ccc1O. The molecule has 0 spiro atoms. The molecule has 0 unspecified atom stereocenters. The molecule has 1 amide bonds. The molecule has 0 saturated carbocycles. The number of H-pyrrole nitrogens is 1. The smallest absolute Gasteiger partial charge is 0.250 e. The molecule has 1 heterocycles. The number of hydrazone groups is 1. The summed E-state index contributed by atoms with van der Waals surface area (Å²) in [7, 11) is 1.47. The fraction of sp³-hybridized carbons (Fsp3) is 0.167. The topological polar surface area (TPSA) is 99.6 Å². The molecular weight excluding hydrogens is 352 g/mol. The number of hydrogen-bond donors (Lipinski definition) is 3. The molecule has 0 fully saturated rings. The number of imidazole rings is 1. The van der Waals surface area contributed by atoms with Gasteiger partial charge in [0.25, 0.3) is 5.91 Å². The Morgan fingerprint density at radius 3 is 2.92 bits per heavy atom. The van der Waals surface area contributed by atoms with E-state index in [-0.39, 0.29) is 17.4 Å². The number of thioether (sulfide) groups is 1. The van der Waals surface area contributed by atoms with E-state index in [9.17, 15) is 9.90 Å². The fourth-order valence-electron chi connectivity index (χ4n) is 2.28. The molecule has 26 heavy (non-hydrogen) atoms. The van der Waals surface area contributed by atoms with Crippen LogP contribution in [0.4, 0.5) is 0 Å². The molecule has 0 aliphatic heterocycles. The second-order valence-corrected chi connectivity index (χ2v) is 6.43. The summed E-state index contributed by atoms with van der Waals surface area (Å²) >= 11 is 1.31. The van der Waals surface area contributed by atoms with Gasteiger partial charge < -0.3 is 14.8 Å². The van der Waals surface area contributed by atoms with Crippen LogP contribution in [-0.2, 0) is 4.79 Å². The van der Waals surface area contributed by atoms with Crippen molar-refractivity contribution in [3.05, 3.63) is 48.0 Å². The minimum absolute atomic E-state index is 0.0512. The molecule has 0 aliphatic carbocycles. The van der Waals surface area contributed by atoms with E-state index in [1.807, 2.05) is 24.3 Å². The number of carbonyl (C=O) groups excluding carboxylic acids is 1. The molecule has 0 radical (unpaired) electrons. The normalized spacial score (nSPS) is 11.5. The van der Waals surface area contributed by atoms with Crippen LogP contribution in [0, 0.1) is 0 Å². The van der Waals surface area contributed by atoms with Gasteiger partial charge >= 0.3 is 0 Å². The number of phenolic OH excluding ortho intramolecular Hbond substituents is 1. The standard InChI is InChI=1S/C18H18N4O3S/c1-11(12-7-8-15(23)16(9-12)25-2)21-22-17(24)10-26-18-19-13-5-3-4-6-14(13)20-18/h3-9,23H,10H2,1-2H3,(H,19,20)(H,22,24)/b21-11+. The highest BCUT2D eigenvalue weighted by Crippen LogP contribution is 2.26. The summed E-state index contributed by atoms with van der Waals surface area (Å²) in [5.41, 5.74) is 5.67. The number of nitrogens with one attached hydrogen (secondary N) is 2. The Morgan fingerprint density at radius 1 is 1.35 bits per heavy atom. The number of carbonyl (C=O) groups is 1. The van der Waals surface area contributed by atoms with E-state index in [0.29, 0.717) is 16.6 Å². The van der Waals surface area contributed by atoms with Gasteiger partial charge in [0.15, 0.2) is 16.7 Å². The number of hydrogen-bond acceptors (Lipinski definition) is 6. The number of benzene rings is 2. The largest absolute Gasteiger partial charge is 0.504 e.